The largest absolute Gasteiger partial charge is 0.490 e. The first-order valence-electron chi connectivity index (χ1n) is 9.13. The Morgan fingerprint density at radius 1 is 1.08 bits per heavy atom. The monoisotopic (exact) mass is 341 g/mol. The summed E-state index contributed by atoms with van der Waals surface area (Å²) in [4.78, 5) is 3.87. The van der Waals surface area contributed by atoms with Crippen molar-refractivity contribution in [1.29, 1.82) is 0 Å². The van der Waals surface area contributed by atoms with Gasteiger partial charge in [-0.05, 0) is 43.2 Å². The number of aryl methyl sites for hydroxylation is 2. The average molecular weight is 341 g/mol. The van der Waals surface area contributed by atoms with Gasteiger partial charge in [0.1, 0.15) is 25.0 Å². The van der Waals surface area contributed by atoms with E-state index in [1.54, 1.807) is 0 Å². The van der Waals surface area contributed by atoms with Crippen LogP contribution in [-0.4, -0.2) is 50.5 Å². The van der Waals surface area contributed by atoms with E-state index < -0.39 is 6.10 Å². The Morgan fingerprint density at radius 3 is 2.52 bits per heavy atom. The molecule has 0 spiro atoms. The van der Waals surface area contributed by atoms with Gasteiger partial charge in [0.05, 0.1) is 26.2 Å². The summed E-state index contributed by atoms with van der Waals surface area (Å²) in [6.07, 6.45) is -0.432. The number of nitrogens with zero attached hydrogens (tertiary/aromatic N) is 1. The molecule has 0 saturated carbocycles. The van der Waals surface area contributed by atoms with Crippen LogP contribution < -0.4 is 14.5 Å². The van der Waals surface area contributed by atoms with Crippen LogP contribution in [0.1, 0.15) is 11.1 Å². The van der Waals surface area contributed by atoms with Gasteiger partial charge in [-0.3, -0.25) is 0 Å². The van der Waals surface area contributed by atoms with Crippen molar-refractivity contribution in [1.82, 2.24) is 0 Å². The Kier molecular flexibility index (Phi) is 5.95. The van der Waals surface area contributed by atoms with Gasteiger partial charge in [0.25, 0.3) is 0 Å². The number of nitrogens with one attached hydrogen (secondary N) is 1. The molecule has 0 amide bonds. The summed E-state index contributed by atoms with van der Waals surface area (Å²) in [6.45, 7) is 9.36. The number of para-hydroxylation sites is 1. The second kappa shape index (κ2) is 8.37. The molecule has 1 aliphatic heterocycles. The quantitative estimate of drug-likeness (QED) is 0.835. The zero-order valence-electron chi connectivity index (χ0n) is 15.2. The summed E-state index contributed by atoms with van der Waals surface area (Å²) in [7, 11) is 0. The van der Waals surface area contributed by atoms with Crippen LogP contribution in [0.4, 0.5) is 5.69 Å². The molecular weight excluding hydrogens is 312 g/mol. The Balaban J connectivity index is 1.43. The highest BCUT2D eigenvalue weighted by Gasteiger charge is 2.22. The van der Waals surface area contributed by atoms with Crippen molar-refractivity contribution in [3.8, 4) is 5.75 Å². The predicted octanol–water partition coefficient (Wildman–Crippen LogP) is 1.45. The molecule has 3 rings (SSSR count). The lowest BCUT2D eigenvalue weighted by molar-refractivity contribution is -0.903. The van der Waals surface area contributed by atoms with E-state index in [0.29, 0.717) is 6.61 Å². The minimum Gasteiger partial charge on any atom is -0.490 e. The normalized spacial score (nSPS) is 16.7. The fourth-order valence-corrected chi connectivity index (χ4v) is 3.37. The van der Waals surface area contributed by atoms with Crippen molar-refractivity contribution in [2.75, 3.05) is 44.2 Å². The number of benzene rings is 2. The molecule has 4 heteroatoms. The highest BCUT2D eigenvalue weighted by atomic mass is 16.5. The molecule has 4 nitrogen and oxygen atoms in total. The molecular formula is C21H29N2O2+. The predicted molar refractivity (Wildman–Crippen MR) is 102 cm³/mol. The Hall–Kier alpha value is -2.04. The fourth-order valence-electron chi connectivity index (χ4n) is 3.37. The van der Waals surface area contributed by atoms with Crippen LogP contribution in [0.3, 0.4) is 0 Å². The lowest BCUT2D eigenvalue weighted by atomic mass is 10.1. The highest BCUT2D eigenvalue weighted by molar-refractivity contribution is 5.46. The van der Waals surface area contributed by atoms with Crippen LogP contribution in [-0.2, 0) is 0 Å². The van der Waals surface area contributed by atoms with E-state index >= 15 is 0 Å². The number of quaternary nitrogens is 1. The van der Waals surface area contributed by atoms with E-state index in [-0.39, 0.29) is 0 Å². The van der Waals surface area contributed by atoms with Crippen LogP contribution in [0.5, 0.6) is 5.75 Å². The third kappa shape index (κ3) is 4.97. The molecule has 2 N–H and O–H groups in total. The molecule has 134 valence electrons. The van der Waals surface area contributed by atoms with E-state index in [0.717, 1.165) is 44.0 Å². The third-order valence-corrected chi connectivity index (χ3v) is 4.89. The lowest BCUT2D eigenvalue weighted by Crippen LogP contribution is -3.16. The number of aliphatic hydroxyl groups is 1. The van der Waals surface area contributed by atoms with E-state index in [1.165, 1.54) is 16.2 Å². The van der Waals surface area contributed by atoms with Crippen molar-refractivity contribution in [3.63, 3.8) is 0 Å². The van der Waals surface area contributed by atoms with E-state index in [1.807, 2.05) is 13.0 Å². The molecule has 1 saturated heterocycles. The fraction of sp³-hybridized carbons (Fsp3) is 0.429. The minimum absolute atomic E-state index is 0.357. The molecule has 2 aromatic rings. The molecule has 1 fully saturated rings. The van der Waals surface area contributed by atoms with Crippen LogP contribution in [0.2, 0.25) is 0 Å². The van der Waals surface area contributed by atoms with Crippen molar-refractivity contribution in [3.05, 3.63) is 59.7 Å². The SMILES string of the molecule is Cc1ccc(C)c(OC[C@H](O)C[NH+]2CCN(c3ccccc3)CC2)c1. The van der Waals surface area contributed by atoms with Gasteiger partial charge in [0.15, 0.2) is 0 Å². The van der Waals surface area contributed by atoms with Crippen molar-refractivity contribution in [2.24, 2.45) is 0 Å². The number of ether oxygens (including phenoxy) is 1. The summed E-state index contributed by atoms with van der Waals surface area (Å²) in [5.41, 5.74) is 3.58. The minimum atomic E-state index is -0.432. The molecule has 0 unspecified atom stereocenters. The molecule has 1 atom stereocenters. The van der Waals surface area contributed by atoms with Gasteiger partial charge < -0.3 is 19.6 Å². The van der Waals surface area contributed by atoms with Crippen LogP contribution in [0, 0.1) is 13.8 Å². The van der Waals surface area contributed by atoms with Gasteiger partial charge in [0, 0.05) is 5.69 Å². The second-order valence-corrected chi connectivity index (χ2v) is 7.01. The zero-order chi connectivity index (χ0) is 17.6. The van der Waals surface area contributed by atoms with Gasteiger partial charge in [0.2, 0.25) is 0 Å². The standard InChI is InChI=1S/C21H28N2O2/c1-17-8-9-18(2)21(14-17)25-16-20(24)15-22-10-12-23(13-11-22)19-6-4-3-5-7-19/h3-9,14,20,24H,10-13,15-16H2,1-2H3/p+1/t20-/m1/s1. The molecule has 1 heterocycles. The molecule has 2 aromatic carbocycles. The third-order valence-electron chi connectivity index (χ3n) is 4.89. The van der Waals surface area contributed by atoms with Gasteiger partial charge in [-0.1, -0.05) is 30.3 Å². The summed E-state index contributed by atoms with van der Waals surface area (Å²) in [6, 6.07) is 16.7. The number of piperazine rings is 1. The van der Waals surface area contributed by atoms with Crippen molar-refractivity contribution < 1.29 is 14.7 Å². The average Bonchev–Trinajstić information content (AvgIpc) is 2.64. The topological polar surface area (TPSA) is 37.1 Å². The first kappa shape index (κ1) is 17.8. The zero-order valence-corrected chi connectivity index (χ0v) is 15.2. The molecule has 25 heavy (non-hydrogen) atoms. The molecule has 1 aliphatic rings. The number of hydrogen-bond donors (Lipinski definition) is 2. The first-order valence-corrected chi connectivity index (χ1v) is 9.13. The van der Waals surface area contributed by atoms with E-state index in [4.69, 9.17) is 4.74 Å². The molecule has 0 aliphatic carbocycles. The summed E-state index contributed by atoms with van der Waals surface area (Å²) in [5.74, 6) is 0.878. The summed E-state index contributed by atoms with van der Waals surface area (Å²) < 4.78 is 5.84. The van der Waals surface area contributed by atoms with Crippen LogP contribution in [0.15, 0.2) is 48.5 Å². The van der Waals surface area contributed by atoms with Crippen LogP contribution >= 0.6 is 0 Å². The smallest absolute Gasteiger partial charge is 0.137 e. The molecule has 0 radical (unpaired) electrons. The molecule has 0 bridgehead atoms. The maximum absolute atomic E-state index is 10.3. The maximum Gasteiger partial charge on any atom is 0.137 e. The van der Waals surface area contributed by atoms with E-state index in [9.17, 15) is 5.11 Å². The van der Waals surface area contributed by atoms with E-state index in [2.05, 4.69) is 54.3 Å². The van der Waals surface area contributed by atoms with Gasteiger partial charge in [-0.2, -0.15) is 0 Å². The Bertz CT molecular complexity index is 667. The number of hydrogen-bond acceptors (Lipinski definition) is 3. The van der Waals surface area contributed by atoms with Gasteiger partial charge in [-0.25, -0.2) is 0 Å². The number of anilines is 1. The Morgan fingerprint density at radius 2 is 1.80 bits per heavy atom. The summed E-state index contributed by atoms with van der Waals surface area (Å²) >= 11 is 0. The number of rotatable bonds is 6. The first-order chi connectivity index (χ1) is 12.1. The lowest BCUT2D eigenvalue weighted by Gasteiger charge is -2.34. The van der Waals surface area contributed by atoms with Crippen LogP contribution in [0.25, 0.3) is 0 Å². The highest BCUT2D eigenvalue weighted by Crippen LogP contribution is 2.19. The van der Waals surface area contributed by atoms with Crippen molar-refractivity contribution >= 4 is 5.69 Å². The van der Waals surface area contributed by atoms with Gasteiger partial charge in [-0.15, -0.1) is 0 Å². The molecule has 0 aromatic heterocycles. The maximum atomic E-state index is 10.3. The second-order valence-electron chi connectivity index (χ2n) is 7.01. The summed E-state index contributed by atoms with van der Waals surface area (Å²) in [5, 5.41) is 10.3. The Labute approximate surface area is 150 Å². The van der Waals surface area contributed by atoms with Crippen molar-refractivity contribution in [2.45, 2.75) is 20.0 Å². The number of aliphatic hydroxyl groups excluding tert-OH is 1. The van der Waals surface area contributed by atoms with Gasteiger partial charge >= 0.3 is 0 Å².